The fraction of sp³-hybridized carbons (Fsp3) is 0.588. The smallest absolute Gasteiger partial charge is 0.237 e. The van der Waals surface area contributed by atoms with E-state index in [-0.39, 0.29) is 12.0 Å². The Kier molecular flexibility index (Phi) is 6.21. The largest absolute Gasteiger partial charge is 0.488 e. The third-order valence-electron chi connectivity index (χ3n) is 3.79. The summed E-state index contributed by atoms with van der Waals surface area (Å²) in [5.41, 5.74) is 7.92. The fourth-order valence-electron chi connectivity index (χ4n) is 2.46. The van der Waals surface area contributed by atoms with Crippen LogP contribution in [0.5, 0.6) is 5.75 Å². The van der Waals surface area contributed by atoms with Gasteiger partial charge < -0.3 is 20.5 Å². The van der Waals surface area contributed by atoms with Gasteiger partial charge in [0, 0.05) is 18.5 Å². The van der Waals surface area contributed by atoms with Gasteiger partial charge in [-0.1, -0.05) is 25.5 Å². The minimum Gasteiger partial charge on any atom is -0.488 e. The average Bonchev–Trinajstić information content (AvgIpc) is 2.99. The molecule has 122 valence electrons. The third kappa shape index (κ3) is 4.71. The van der Waals surface area contributed by atoms with E-state index in [0.717, 1.165) is 36.3 Å². The van der Waals surface area contributed by atoms with Gasteiger partial charge in [0.25, 0.3) is 0 Å². The summed E-state index contributed by atoms with van der Waals surface area (Å²) in [7, 11) is 0. The number of benzene rings is 1. The minimum absolute atomic E-state index is 0.0959. The Labute approximate surface area is 132 Å². The Morgan fingerprint density at radius 3 is 3.05 bits per heavy atom. The summed E-state index contributed by atoms with van der Waals surface area (Å²) < 4.78 is 11.4. The molecule has 1 amide bonds. The highest BCUT2D eigenvalue weighted by atomic mass is 16.5. The summed E-state index contributed by atoms with van der Waals surface area (Å²) in [4.78, 5) is 11.9. The highest BCUT2D eigenvalue weighted by molar-refractivity contribution is 5.81. The average molecular weight is 306 g/mol. The molecule has 5 nitrogen and oxygen atoms in total. The number of carbonyl (C=O) groups excluding carboxylic acids is 1. The Balaban J connectivity index is 1.98. The molecule has 5 heteroatoms. The molecule has 2 atom stereocenters. The van der Waals surface area contributed by atoms with Crippen molar-refractivity contribution < 1.29 is 14.3 Å². The van der Waals surface area contributed by atoms with Crippen molar-refractivity contribution in [1.82, 2.24) is 5.32 Å². The highest BCUT2D eigenvalue weighted by Crippen LogP contribution is 2.23. The van der Waals surface area contributed by atoms with Gasteiger partial charge in [-0.05, 0) is 25.0 Å². The summed E-state index contributed by atoms with van der Waals surface area (Å²) in [6, 6.07) is 5.58. The molecule has 1 saturated heterocycles. The van der Waals surface area contributed by atoms with Crippen molar-refractivity contribution in [3.8, 4) is 5.75 Å². The van der Waals surface area contributed by atoms with Crippen LogP contribution in [0.4, 0.5) is 0 Å². The first-order valence-electron chi connectivity index (χ1n) is 7.97. The summed E-state index contributed by atoms with van der Waals surface area (Å²) >= 11 is 0. The molecule has 1 aromatic carbocycles. The van der Waals surface area contributed by atoms with E-state index in [1.165, 1.54) is 0 Å². The molecule has 2 unspecified atom stereocenters. The molecule has 1 aliphatic rings. The van der Waals surface area contributed by atoms with Crippen LogP contribution in [0.15, 0.2) is 18.2 Å². The van der Waals surface area contributed by atoms with Crippen molar-refractivity contribution in [1.29, 1.82) is 0 Å². The molecular formula is C17H26N2O3. The molecule has 0 aromatic heterocycles. The van der Waals surface area contributed by atoms with Crippen LogP contribution in [0.1, 0.15) is 37.3 Å². The maximum atomic E-state index is 11.9. The molecule has 1 aliphatic heterocycles. The normalized spacial score (nSPS) is 19.0. The van der Waals surface area contributed by atoms with Gasteiger partial charge >= 0.3 is 0 Å². The Morgan fingerprint density at radius 2 is 2.36 bits per heavy atom. The number of amides is 1. The van der Waals surface area contributed by atoms with Gasteiger partial charge in [-0.2, -0.15) is 0 Å². The van der Waals surface area contributed by atoms with Crippen molar-refractivity contribution in [3.05, 3.63) is 29.3 Å². The molecule has 3 N–H and O–H groups in total. The van der Waals surface area contributed by atoms with Gasteiger partial charge in [0.1, 0.15) is 11.9 Å². The van der Waals surface area contributed by atoms with E-state index >= 15 is 0 Å². The number of nitrogens with two attached hydrogens (primary N) is 1. The molecule has 2 rings (SSSR count). The van der Waals surface area contributed by atoms with Crippen molar-refractivity contribution >= 4 is 5.91 Å². The lowest BCUT2D eigenvalue weighted by atomic mass is 10.1. The van der Waals surface area contributed by atoms with E-state index in [2.05, 4.69) is 5.32 Å². The monoisotopic (exact) mass is 306 g/mol. The molecule has 0 aliphatic carbocycles. The van der Waals surface area contributed by atoms with Gasteiger partial charge in [-0.15, -0.1) is 0 Å². The number of carbonyl (C=O) groups is 1. The molecule has 0 radical (unpaired) electrons. The van der Waals surface area contributed by atoms with Crippen molar-refractivity contribution in [2.75, 3.05) is 13.2 Å². The van der Waals surface area contributed by atoms with E-state index in [1.807, 2.05) is 32.0 Å². The number of nitrogens with one attached hydrogen (secondary N) is 1. The van der Waals surface area contributed by atoms with E-state index < -0.39 is 6.04 Å². The number of aryl methyl sites for hydroxylation is 1. The summed E-state index contributed by atoms with van der Waals surface area (Å²) in [6.07, 6.45) is 2.59. The first-order chi connectivity index (χ1) is 10.6. The van der Waals surface area contributed by atoms with Crippen LogP contribution in [-0.4, -0.2) is 31.3 Å². The summed E-state index contributed by atoms with van der Waals surface area (Å²) in [6.45, 7) is 5.84. The predicted molar refractivity (Wildman–Crippen MR) is 85.8 cm³/mol. The van der Waals surface area contributed by atoms with Gasteiger partial charge in [0.2, 0.25) is 5.91 Å². The van der Waals surface area contributed by atoms with E-state index in [4.69, 9.17) is 15.2 Å². The maximum Gasteiger partial charge on any atom is 0.237 e. The Hall–Kier alpha value is -1.59. The maximum absolute atomic E-state index is 11.9. The number of ether oxygens (including phenoxy) is 2. The quantitative estimate of drug-likeness (QED) is 0.807. The lowest BCUT2D eigenvalue weighted by molar-refractivity contribution is -0.122. The summed E-state index contributed by atoms with van der Waals surface area (Å²) in [5.74, 6) is 0.706. The van der Waals surface area contributed by atoms with Crippen LogP contribution in [0.25, 0.3) is 0 Å². The number of hydrogen-bond acceptors (Lipinski definition) is 4. The molecule has 22 heavy (non-hydrogen) atoms. The zero-order chi connectivity index (χ0) is 15.9. The Bertz CT molecular complexity index is 499. The molecule has 0 bridgehead atoms. The fourth-order valence-corrected chi connectivity index (χ4v) is 2.46. The van der Waals surface area contributed by atoms with E-state index in [0.29, 0.717) is 19.6 Å². The topological polar surface area (TPSA) is 73.6 Å². The van der Waals surface area contributed by atoms with Gasteiger partial charge in [-0.25, -0.2) is 0 Å². The first kappa shape index (κ1) is 16.8. The second kappa shape index (κ2) is 8.15. The number of rotatable bonds is 7. The molecule has 0 saturated carbocycles. The zero-order valence-electron chi connectivity index (χ0n) is 13.4. The van der Waals surface area contributed by atoms with Crippen LogP contribution in [0, 0.1) is 6.92 Å². The molecule has 0 spiro atoms. The second-order valence-corrected chi connectivity index (χ2v) is 5.83. The van der Waals surface area contributed by atoms with Gasteiger partial charge in [0.15, 0.2) is 0 Å². The van der Waals surface area contributed by atoms with Crippen LogP contribution < -0.4 is 15.8 Å². The van der Waals surface area contributed by atoms with Gasteiger partial charge in [-0.3, -0.25) is 4.79 Å². The number of hydrogen-bond donors (Lipinski definition) is 2. The second-order valence-electron chi connectivity index (χ2n) is 5.83. The van der Waals surface area contributed by atoms with Crippen molar-refractivity contribution in [2.24, 2.45) is 5.73 Å². The van der Waals surface area contributed by atoms with Gasteiger partial charge in [0.05, 0.1) is 19.3 Å². The third-order valence-corrected chi connectivity index (χ3v) is 3.79. The van der Waals surface area contributed by atoms with Crippen molar-refractivity contribution in [3.63, 3.8) is 0 Å². The standard InChI is InChI=1S/C17H26N2O3/c1-3-4-15(18)17(20)19-10-13-6-5-12(2)9-16(13)22-14-7-8-21-11-14/h5-6,9,14-15H,3-4,7-8,10-11,18H2,1-2H3,(H,19,20). The lowest BCUT2D eigenvalue weighted by Crippen LogP contribution is -2.40. The van der Waals surface area contributed by atoms with E-state index in [1.54, 1.807) is 0 Å². The SMILES string of the molecule is CCCC(N)C(=O)NCc1ccc(C)cc1OC1CCOC1. The van der Waals surface area contributed by atoms with Crippen LogP contribution >= 0.6 is 0 Å². The zero-order valence-corrected chi connectivity index (χ0v) is 13.4. The van der Waals surface area contributed by atoms with Crippen LogP contribution in [-0.2, 0) is 16.1 Å². The highest BCUT2D eigenvalue weighted by Gasteiger charge is 2.19. The lowest BCUT2D eigenvalue weighted by Gasteiger charge is -2.17. The van der Waals surface area contributed by atoms with Crippen LogP contribution in [0.3, 0.4) is 0 Å². The minimum atomic E-state index is -0.442. The molecular weight excluding hydrogens is 280 g/mol. The van der Waals surface area contributed by atoms with Crippen molar-refractivity contribution in [2.45, 2.75) is 51.8 Å². The molecule has 1 heterocycles. The Morgan fingerprint density at radius 1 is 1.55 bits per heavy atom. The molecule has 1 fully saturated rings. The van der Waals surface area contributed by atoms with Crippen LogP contribution in [0.2, 0.25) is 0 Å². The first-order valence-corrected chi connectivity index (χ1v) is 7.97. The van der Waals surface area contributed by atoms with E-state index in [9.17, 15) is 4.79 Å². The summed E-state index contributed by atoms with van der Waals surface area (Å²) in [5, 5.41) is 2.89. The predicted octanol–water partition coefficient (Wildman–Crippen LogP) is 1.91. The molecule has 1 aromatic rings.